The maximum absolute atomic E-state index is 9.16. The zero-order chi connectivity index (χ0) is 11.1. The third-order valence-corrected chi connectivity index (χ3v) is 4.30. The summed E-state index contributed by atoms with van der Waals surface area (Å²) in [6.45, 7) is 1.05. The van der Waals surface area contributed by atoms with Crippen LogP contribution < -0.4 is 5.32 Å². The minimum absolute atomic E-state index is 0.214. The Bertz CT molecular complexity index is 280. The van der Waals surface area contributed by atoms with Crippen LogP contribution in [0.3, 0.4) is 0 Å². The fourth-order valence-electron chi connectivity index (χ4n) is 1.22. The van der Waals surface area contributed by atoms with Crippen LogP contribution in [0.15, 0.2) is 15.2 Å². The van der Waals surface area contributed by atoms with E-state index in [1.807, 2.05) is 11.8 Å². The van der Waals surface area contributed by atoms with Gasteiger partial charge in [-0.2, -0.15) is 11.8 Å². The van der Waals surface area contributed by atoms with E-state index in [1.54, 1.807) is 11.3 Å². The summed E-state index contributed by atoms with van der Waals surface area (Å²) in [5.74, 6) is 1.09. The maximum atomic E-state index is 9.16. The predicted octanol–water partition coefficient (Wildman–Crippen LogP) is 2.71. The summed E-state index contributed by atoms with van der Waals surface area (Å²) in [6, 6.07) is 2.33. The van der Waals surface area contributed by atoms with Crippen molar-refractivity contribution in [3.63, 3.8) is 0 Å². The van der Waals surface area contributed by atoms with Crippen LogP contribution in [-0.4, -0.2) is 29.8 Å². The summed E-state index contributed by atoms with van der Waals surface area (Å²) in [5.41, 5.74) is 1.27. The van der Waals surface area contributed by atoms with Gasteiger partial charge in [0.05, 0.1) is 10.4 Å². The van der Waals surface area contributed by atoms with Crippen molar-refractivity contribution in [1.29, 1.82) is 0 Å². The molecule has 2 nitrogen and oxygen atoms in total. The van der Waals surface area contributed by atoms with Gasteiger partial charge in [-0.3, -0.25) is 0 Å². The van der Waals surface area contributed by atoms with Gasteiger partial charge in [-0.25, -0.2) is 0 Å². The van der Waals surface area contributed by atoms with Gasteiger partial charge in [0.25, 0.3) is 0 Å². The van der Waals surface area contributed by atoms with Crippen LogP contribution in [0.5, 0.6) is 0 Å². The Kier molecular flexibility index (Phi) is 6.92. The van der Waals surface area contributed by atoms with Crippen LogP contribution in [0.2, 0.25) is 0 Å². The quantitative estimate of drug-likeness (QED) is 0.812. The number of thiophene rings is 1. The van der Waals surface area contributed by atoms with E-state index in [1.165, 1.54) is 5.56 Å². The number of hydrogen-bond donors (Lipinski definition) is 2. The summed E-state index contributed by atoms with van der Waals surface area (Å²) in [5, 5.41) is 14.6. The van der Waals surface area contributed by atoms with Crippen LogP contribution in [-0.2, 0) is 6.54 Å². The molecule has 1 heterocycles. The van der Waals surface area contributed by atoms with Crippen molar-refractivity contribution >= 4 is 39.0 Å². The summed E-state index contributed by atoms with van der Waals surface area (Å²) < 4.78 is 1.16. The van der Waals surface area contributed by atoms with Gasteiger partial charge < -0.3 is 10.4 Å². The molecule has 1 rings (SSSR count). The van der Waals surface area contributed by atoms with Gasteiger partial charge in [-0.1, -0.05) is 0 Å². The molecule has 0 aliphatic rings. The lowest BCUT2D eigenvalue weighted by Crippen LogP contribution is -2.32. The predicted molar refractivity (Wildman–Crippen MR) is 72.7 cm³/mol. The minimum atomic E-state index is 0.214. The number of halogens is 1. The lowest BCUT2D eigenvalue weighted by molar-refractivity contribution is 0.239. The molecule has 86 valence electrons. The number of nitrogens with one attached hydrogen (secondary N) is 1. The molecule has 0 saturated carbocycles. The van der Waals surface area contributed by atoms with Crippen LogP contribution in [0.4, 0.5) is 0 Å². The highest BCUT2D eigenvalue weighted by atomic mass is 79.9. The van der Waals surface area contributed by atoms with Crippen LogP contribution in [0.1, 0.15) is 12.0 Å². The summed E-state index contributed by atoms with van der Waals surface area (Å²) >= 11 is 6.94. The summed E-state index contributed by atoms with van der Waals surface area (Å²) in [6.07, 6.45) is 3.10. The van der Waals surface area contributed by atoms with Crippen molar-refractivity contribution < 1.29 is 5.11 Å². The number of hydrogen-bond acceptors (Lipinski definition) is 4. The first-order valence-corrected chi connectivity index (χ1v) is 7.89. The fraction of sp³-hybridized carbons (Fsp3) is 0.600. The molecule has 2 N–H and O–H groups in total. The minimum Gasteiger partial charge on any atom is -0.395 e. The van der Waals surface area contributed by atoms with Crippen molar-refractivity contribution in [2.45, 2.75) is 19.0 Å². The third-order valence-electron chi connectivity index (χ3n) is 2.11. The molecular weight excluding hydrogens is 294 g/mol. The Labute approximate surface area is 108 Å². The molecule has 0 aliphatic heterocycles. The second-order valence-electron chi connectivity index (χ2n) is 3.30. The highest BCUT2D eigenvalue weighted by molar-refractivity contribution is 9.11. The van der Waals surface area contributed by atoms with Crippen LogP contribution in [0.25, 0.3) is 0 Å². The van der Waals surface area contributed by atoms with E-state index in [-0.39, 0.29) is 12.6 Å². The Morgan fingerprint density at radius 3 is 3.00 bits per heavy atom. The van der Waals surface area contributed by atoms with E-state index in [4.69, 9.17) is 5.11 Å². The second-order valence-corrected chi connectivity index (χ2v) is 6.58. The molecule has 0 amide bonds. The first-order chi connectivity index (χ1) is 7.26. The average Bonchev–Trinajstić information content (AvgIpc) is 2.65. The van der Waals surface area contributed by atoms with Crippen molar-refractivity contribution in [2.24, 2.45) is 0 Å². The normalized spacial score (nSPS) is 13.0. The molecule has 15 heavy (non-hydrogen) atoms. The molecule has 0 radical (unpaired) electrons. The lowest BCUT2D eigenvalue weighted by Gasteiger charge is -2.14. The SMILES string of the molecule is CSCCC(CO)NCc1csc(Br)c1. The topological polar surface area (TPSA) is 32.3 Å². The fourth-order valence-corrected chi connectivity index (χ4v) is 2.95. The molecule has 1 atom stereocenters. The van der Waals surface area contributed by atoms with E-state index in [2.05, 4.69) is 38.9 Å². The molecule has 0 saturated heterocycles. The summed E-state index contributed by atoms with van der Waals surface area (Å²) in [7, 11) is 0. The van der Waals surface area contributed by atoms with Gasteiger partial charge in [-0.15, -0.1) is 11.3 Å². The van der Waals surface area contributed by atoms with E-state index in [0.717, 1.165) is 22.5 Å². The highest BCUT2D eigenvalue weighted by Crippen LogP contribution is 2.20. The molecule has 1 aromatic heterocycles. The molecule has 0 spiro atoms. The smallest absolute Gasteiger partial charge is 0.0701 e. The summed E-state index contributed by atoms with van der Waals surface area (Å²) in [4.78, 5) is 0. The van der Waals surface area contributed by atoms with Gasteiger partial charge in [0.1, 0.15) is 0 Å². The molecule has 0 aromatic carbocycles. The third kappa shape index (κ3) is 5.36. The molecule has 0 fully saturated rings. The van der Waals surface area contributed by atoms with Crippen molar-refractivity contribution in [2.75, 3.05) is 18.6 Å². The van der Waals surface area contributed by atoms with Crippen molar-refractivity contribution in [3.8, 4) is 0 Å². The standard InChI is InChI=1S/C10H16BrNOS2/c1-14-3-2-9(6-13)12-5-8-4-10(11)15-7-8/h4,7,9,12-13H,2-3,5-6H2,1H3. The van der Waals surface area contributed by atoms with E-state index < -0.39 is 0 Å². The molecule has 1 aromatic rings. The Morgan fingerprint density at radius 1 is 1.67 bits per heavy atom. The maximum Gasteiger partial charge on any atom is 0.0701 e. The number of thioether (sulfide) groups is 1. The number of aliphatic hydroxyl groups is 1. The zero-order valence-corrected chi connectivity index (χ0v) is 11.9. The van der Waals surface area contributed by atoms with Gasteiger partial charge in [-0.05, 0) is 51.4 Å². The van der Waals surface area contributed by atoms with E-state index in [0.29, 0.717) is 0 Å². The average molecular weight is 310 g/mol. The molecule has 0 aliphatic carbocycles. The van der Waals surface area contributed by atoms with E-state index >= 15 is 0 Å². The lowest BCUT2D eigenvalue weighted by atomic mass is 10.2. The molecule has 0 bridgehead atoms. The Balaban J connectivity index is 2.27. The largest absolute Gasteiger partial charge is 0.395 e. The highest BCUT2D eigenvalue weighted by Gasteiger charge is 2.06. The molecule has 5 heteroatoms. The van der Waals surface area contributed by atoms with Gasteiger partial charge >= 0.3 is 0 Å². The molecule has 1 unspecified atom stereocenters. The number of aliphatic hydroxyl groups excluding tert-OH is 1. The van der Waals surface area contributed by atoms with Crippen LogP contribution >= 0.6 is 39.0 Å². The van der Waals surface area contributed by atoms with Crippen molar-refractivity contribution in [1.82, 2.24) is 5.32 Å². The second kappa shape index (κ2) is 7.68. The number of rotatable bonds is 7. The van der Waals surface area contributed by atoms with E-state index in [9.17, 15) is 0 Å². The van der Waals surface area contributed by atoms with Crippen LogP contribution in [0, 0.1) is 0 Å². The Hall–Kier alpha value is 0.450. The molecular formula is C10H16BrNOS2. The Morgan fingerprint density at radius 2 is 2.47 bits per heavy atom. The first kappa shape index (κ1) is 13.5. The zero-order valence-electron chi connectivity index (χ0n) is 8.70. The van der Waals surface area contributed by atoms with Gasteiger partial charge in [0.2, 0.25) is 0 Å². The van der Waals surface area contributed by atoms with Gasteiger partial charge in [0.15, 0.2) is 0 Å². The van der Waals surface area contributed by atoms with Gasteiger partial charge in [0, 0.05) is 12.6 Å². The first-order valence-electron chi connectivity index (χ1n) is 4.82. The monoisotopic (exact) mass is 309 g/mol. The van der Waals surface area contributed by atoms with Crippen molar-refractivity contribution in [3.05, 3.63) is 20.8 Å².